The number of thiazole rings is 1. The lowest BCUT2D eigenvalue weighted by Gasteiger charge is -2.18. The van der Waals surface area contributed by atoms with E-state index in [1.807, 2.05) is 6.07 Å². The van der Waals surface area contributed by atoms with Gasteiger partial charge in [-0.3, -0.25) is 4.79 Å². The maximum Gasteiger partial charge on any atom is 0.309 e. The molecule has 0 radical (unpaired) electrons. The number of carboxylic acid groups (broad SMARTS) is 1. The summed E-state index contributed by atoms with van der Waals surface area (Å²) in [7, 11) is 0. The number of halogens is 1. The van der Waals surface area contributed by atoms with Crippen molar-refractivity contribution in [2.24, 2.45) is 0 Å². The average Bonchev–Trinajstić information content (AvgIpc) is 3.00. The van der Waals surface area contributed by atoms with Crippen molar-refractivity contribution in [3.63, 3.8) is 0 Å². The topological polar surface area (TPSA) is 62.7 Å². The van der Waals surface area contributed by atoms with Gasteiger partial charge in [0, 0.05) is 16.9 Å². The van der Waals surface area contributed by atoms with Crippen LogP contribution in [-0.4, -0.2) is 47.2 Å². The first-order valence-electron chi connectivity index (χ1n) is 7.84. The first-order chi connectivity index (χ1) is 11.5. The standard InChI is InChI=1S/C17H21ClN2O3S/c1-3-20(4-2)7-8-23-15-6-5-12(18)9-14(15)17-19-13(11-24-17)10-16(21)22/h5-6,9,11H,3-4,7-8,10H2,1-2H3,(H,21,22). The molecule has 0 saturated heterocycles. The van der Waals surface area contributed by atoms with E-state index < -0.39 is 5.97 Å². The Morgan fingerprint density at radius 2 is 2.12 bits per heavy atom. The number of likely N-dealkylation sites (N-methyl/N-ethyl adjacent to an activating group) is 1. The SMILES string of the molecule is CCN(CC)CCOc1ccc(Cl)cc1-c1nc(CC(=O)O)cs1. The van der Waals surface area contributed by atoms with Crippen LogP contribution in [0, 0.1) is 0 Å². The predicted octanol–water partition coefficient (Wildman–Crippen LogP) is 3.81. The highest BCUT2D eigenvalue weighted by Crippen LogP contribution is 2.34. The summed E-state index contributed by atoms with van der Waals surface area (Å²) >= 11 is 7.50. The molecule has 0 saturated carbocycles. The molecule has 0 fully saturated rings. The lowest BCUT2D eigenvalue weighted by atomic mass is 10.2. The van der Waals surface area contributed by atoms with Crippen LogP contribution in [-0.2, 0) is 11.2 Å². The van der Waals surface area contributed by atoms with Crippen LogP contribution < -0.4 is 4.74 Å². The Balaban J connectivity index is 2.15. The number of nitrogens with zero attached hydrogens (tertiary/aromatic N) is 2. The van der Waals surface area contributed by atoms with E-state index in [1.54, 1.807) is 17.5 Å². The molecule has 0 aliphatic heterocycles. The number of benzene rings is 1. The van der Waals surface area contributed by atoms with Crippen LogP contribution in [0.15, 0.2) is 23.6 Å². The van der Waals surface area contributed by atoms with Gasteiger partial charge in [0.1, 0.15) is 17.4 Å². The molecule has 1 N–H and O–H groups in total. The van der Waals surface area contributed by atoms with Gasteiger partial charge in [-0.05, 0) is 31.3 Å². The summed E-state index contributed by atoms with van der Waals surface area (Å²) in [5, 5.41) is 11.9. The van der Waals surface area contributed by atoms with Crippen LogP contribution >= 0.6 is 22.9 Å². The molecule has 0 atom stereocenters. The van der Waals surface area contributed by atoms with Crippen molar-refractivity contribution in [3.05, 3.63) is 34.3 Å². The number of carboxylic acids is 1. The molecule has 0 aliphatic carbocycles. The van der Waals surface area contributed by atoms with Crippen molar-refractivity contribution in [2.75, 3.05) is 26.2 Å². The quantitative estimate of drug-likeness (QED) is 0.729. The fraction of sp³-hybridized carbons (Fsp3) is 0.412. The number of aromatic nitrogens is 1. The fourth-order valence-corrected chi connectivity index (χ4v) is 3.30. The van der Waals surface area contributed by atoms with Crippen molar-refractivity contribution in [3.8, 4) is 16.3 Å². The largest absolute Gasteiger partial charge is 0.492 e. The molecule has 0 unspecified atom stereocenters. The number of aliphatic carboxylic acids is 1. The number of rotatable bonds is 9. The second-order valence-corrected chi connectivity index (χ2v) is 6.52. The molecule has 1 aromatic heterocycles. The third-order valence-corrected chi connectivity index (χ3v) is 4.78. The van der Waals surface area contributed by atoms with E-state index in [4.69, 9.17) is 21.4 Å². The highest BCUT2D eigenvalue weighted by atomic mass is 35.5. The molecule has 0 bridgehead atoms. The van der Waals surface area contributed by atoms with Crippen molar-refractivity contribution in [1.29, 1.82) is 0 Å². The van der Waals surface area contributed by atoms with Gasteiger partial charge in [0.25, 0.3) is 0 Å². The van der Waals surface area contributed by atoms with E-state index in [2.05, 4.69) is 23.7 Å². The molecule has 24 heavy (non-hydrogen) atoms. The summed E-state index contributed by atoms with van der Waals surface area (Å²) in [6.07, 6.45) is -0.0881. The van der Waals surface area contributed by atoms with Crippen molar-refractivity contribution < 1.29 is 14.6 Å². The molecule has 130 valence electrons. The summed E-state index contributed by atoms with van der Waals surface area (Å²) in [6.45, 7) is 7.63. The molecule has 0 amide bonds. The van der Waals surface area contributed by atoms with Crippen LogP contribution in [0.2, 0.25) is 5.02 Å². The molecule has 2 aromatic rings. The van der Waals surface area contributed by atoms with Crippen molar-refractivity contribution in [2.45, 2.75) is 20.3 Å². The Hall–Kier alpha value is -1.63. The third kappa shape index (κ3) is 5.19. The van der Waals surface area contributed by atoms with Gasteiger partial charge in [0.15, 0.2) is 0 Å². The molecule has 5 nitrogen and oxygen atoms in total. The van der Waals surface area contributed by atoms with Gasteiger partial charge in [-0.2, -0.15) is 0 Å². The monoisotopic (exact) mass is 368 g/mol. The Labute approximate surface area is 150 Å². The van der Waals surface area contributed by atoms with Gasteiger partial charge in [-0.25, -0.2) is 4.98 Å². The van der Waals surface area contributed by atoms with Crippen LogP contribution in [0.3, 0.4) is 0 Å². The van der Waals surface area contributed by atoms with Gasteiger partial charge < -0.3 is 14.7 Å². The minimum absolute atomic E-state index is 0.0881. The summed E-state index contributed by atoms with van der Waals surface area (Å²) in [4.78, 5) is 17.5. The van der Waals surface area contributed by atoms with Crippen LogP contribution in [0.25, 0.3) is 10.6 Å². The summed E-state index contributed by atoms with van der Waals surface area (Å²) in [5.74, 6) is -0.184. The summed E-state index contributed by atoms with van der Waals surface area (Å²) in [5.41, 5.74) is 1.33. The highest BCUT2D eigenvalue weighted by molar-refractivity contribution is 7.13. The van der Waals surface area contributed by atoms with Gasteiger partial charge in [0.2, 0.25) is 0 Å². The number of carbonyl (C=O) groups is 1. The maximum atomic E-state index is 10.8. The first kappa shape index (κ1) is 18.7. The number of ether oxygens (including phenoxy) is 1. The fourth-order valence-electron chi connectivity index (χ4n) is 2.29. The minimum Gasteiger partial charge on any atom is -0.492 e. The Morgan fingerprint density at radius 3 is 2.79 bits per heavy atom. The van der Waals surface area contributed by atoms with E-state index in [9.17, 15) is 4.79 Å². The van der Waals surface area contributed by atoms with Gasteiger partial charge in [-0.1, -0.05) is 25.4 Å². The van der Waals surface area contributed by atoms with E-state index >= 15 is 0 Å². The zero-order chi connectivity index (χ0) is 17.5. The molecule has 7 heteroatoms. The van der Waals surface area contributed by atoms with Crippen molar-refractivity contribution in [1.82, 2.24) is 9.88 Å². The van der Waals surface area contributed by atoms with Crippen LogP contribution in [0.4, 0.5) is 0 Å². The van der Waals surface area contributed by atoms with Gasteiger partial charge in [0.05, 0.1) is 17.7 Å². The third-order valence-electron chi connectivity index (χ3n) is 3.62. The molecular formula is C17H21ClN2O3S. The number of hydrogen-bond donors (Lipinski definition) is 1. The lowest BCUT2D eigenvalue weighted by Crippen LogP contribution is -2.27. The second-order valence-electron chi connectivity index (χ2n) is 5.23. The van der Waals surface area contributed by atoms with E-state index in [-0.39, 0.29) is 6.42 Å². The summed E-state index contributed by atoms with van der Waals surface area (Å²) in [6, 6.07) is 5.42. The van der Waals surface area contributed by atoms with E-state index in [0.29, 0.717) is 28.1 Å². The molecular weight excluding hydrogens is 348 g/mol. The maximum absolute atomic E-state index is 10.8. The Morgan fingerprint density at radius 1 is 1.38 bits per heavy atom. The zero-order valence-corrected chi connectivity index (χ0v) is 15.4. The highest BCUT2D eigenvalue weighted by Gasteiger charge is 2.13. The molecule has 2 rings (SSSR count). The molecule has 0 aliphatic rings. The average molecular weight is 369 g/mol. The minimum atomic E-state index is -0.895. The second kappa shape index (κ2) is 9.01. The van der Waals surface area contributed by atoms with Gasteiger partial charge >= 0.3 is 5.97 Å². The lowest BCUT2D eigenvalue weighted by molar-refractivity contribution is -0.136. The summed E-state index contributed by atoms with van der Waals surface area (Å²) < 4.78 is 5.92. The predicted molar refractivity (Wildman–Crippen MR) is 97.2 cm³/mol. The van der Waals surface area contributed by atoms with Crippen LogP contribution in [0.1, 0.15) is 19.5 Å². The van der Waals surface area contributed by atoms with Crippen LogP contribution in [0.5, 0.6) is 5.75 Å². The molecule has 1 heterocycles. The Bertz CT molecular complexity index is 686. The molecule has 1 aromatic carbocycles. The van der Waals surface area contributed by atoms with Crippen molar-refractivity contribution >= 4 is 28.9 Å². The van der Waals surface area contributed by atoms with E-state index in [0.717, 1.165) is 25.2 Å². The molecule has 0 spiro atoms. The van der Waals surface area contributed by atoms with E-state index in [1.165, 1.54) is 11.3 Å². The van der Waals surface area contributed by atoms with Gasteiger partial charge in [-0.15, -0.1) is 11.3 Å². The zero-order valence-electron chi connectivity index (χ0n) is 13.8. The number of hydrogen-bond acceptors (Lipinski definition) is 5. The normalized spacial score (nSPS) is 11.0. The Kier molecular flexibility index (Phi) is 7.02. The smallest absolute Gasteiger partial charge is 0.309 e. The first-order valence-corrected chi connectivity index (χ1v) is 9.10.